The second kappa shape index (κ2) is 6.73. The van der Waals surface area contributed by atoms with Gasteiger partial charge < -0.3 is 10.2 Å². The molecule has 0 aliphatic carbocycles. The van der Waals surface area contributed by atoms with Crippen molar-refractivity contribution in [3.05, 3.63) is 29.3 Å². The number of aromatic nitrogens is 1. The zero-order chi connectivity index (χ0) is 14.1. The van der Waals surface area contributed by atoms with Crippen LogP contribution < -0.4 is 5.32 Å². The average molecular weight is 326 g/mol. The first-order valence-corrected chi connectivity index (χ1v) is 7.77. The molecule has 0 radical (unpaired) electrons. The number of rotatable bonds is 3. The van der Waals surface area contributed by atoms with Crippen molar-refractivity contribution in [3.63, 3.8) is 0 Å². The predicted molar refractivity (Wildman–Crippen MR) is 88.9 cm³/mol. The molecule has 4 nitrogen and oxygen atoms in total. The van der Waals surface area contributed by atoms with Gasteiger partial charge in [-0.25, -0.2) is 4.98 Å². The third-order valence-electron chi connectivity index (χ3n) is 3.92. The van der Waals surface area contributed by atoms with Crippen LogP contribution in [0.2, 0.25) is 0 Å². The predicted octanol–water partition coefficient (Wildman–Crippen LogP) is 2.53. The molecule has 1 amide bonds. The molecule has 114 valence electrons. The maximum Gasteiger partial charge on any atom is 0.227 e. The second-order valence-electron chi connectivity index (χ2n) is 5.51. The van der Waals surface area contributed by atoms with Gasteiger partial charge in [-0.15, -0.1) is 23.7 Å². The minimum Gasteiger partial charge on any atom is -0.339 e. The maximum absolute atomic E-state index is 12.4. The Labute approximate surface area is 135 Å². The molecule has 0 bridgehead atoms. The van der Waals surface area contributed by atoms with Gasteiger partial charge in [-0.1, -0.05) is 19.1 Å². The van der Waals surface area contributed by atoms with Gasteiger partial charge >= 0.3 is 0 Å². The Balaban J connectivity index is 0.00000161. The Morgan fingerprint density at radius 2 is 2.19 bits per heavy atom. The molecule has 2 atom stereocenters. The number of benzene rings is 1. The first-order chi connectivity index (χ1) is 9.65. The van der Waals surface area contributed by atoms with Crippen molar-refractivity contribution in [2.75, 3.05) is 20.1 Å². The Bertz CT molecular complexity index is 597. The number of nitrogens with zero attached hydrogens (tertiary/aromatic N) is 2. The van der Waals surface area contributed by atoms with Crippen molar-refractivity contribution in [2.45, 2.75) is 13.5 Å². The molecular weight excluding hydrogens is 306 g/mol. The van der Waals surface area contributed by atoms with Gasteiger partial charge in [0, 0.05) is 13.6 Å². The van der Waals surface area contributed by atoms with Crippen LogP contribution in [0.5, 0.6) is 0 Å². The van der Waals surface area contributed by atoms with Crippen LogP contribution in [0.4, 0.5) is 0 Å². The highest BCUT2D eigenvalue weighted by Crippen LogP contribution is 2.24. The number of thiazole rings is 1. The van der Waals surface area contributed by atoms with Crippen LogP contribution in [0, 0.1) is 11.8 Å². The Kier molecular flexibility index (Phi) is 5.19. The fourth-order valence-corrected chi connectivity index (χ4v) is 3.71. The van der Waals surface area contributed by atoms with E-state index in [1.54, 1.807) is 11.3 Å². The highest BCUT2D eigenvalue weighted by atomic mass is 35.5. The monoisotopic (exact) mass is 325 g/mol. The quantitative estimate of drug-likeness (QED) is 0.943. The van der Waals surface area contributed by atoms with Gasteiger partial charge in [0.05, 0.1) is 22.7 Å². The minimum atomic E-state index is 0. The van der Waals surface area contributed by atoms with E-state index in [0.29, 0.717) is 12.5 Å². The number of carbonyl (C=O) groups is 1. The standard InChI is InChI=1S/C15H19N3OS.ClH/c1-10-7-16-8-11(10)15(19)18(2)9-14-17-12-5-3-4-6-13(12)20-14;/h3-6,10-11,16H,7-9H2,1-2H3;1H/t10-,11-;/m1./s1. The van der Waals surface area contributed by atoms with E-state index in [1.165, 1.54) is 4.70 Å². The largest absolute Gasteiger partial charge is 0.339 e. The van der Waals surface area contributed by atoms with Crippen LogP contribution in [0.1, 0.15) is 11.9 Å². The molecule has 1 aliphatic heterocycles. The van der Waals surface area contributed by atoms with Gasteiger partial charge in [-0.2, -0.15) is 0 Å². The van der Waals surface area contributed by atoms with E-state index in [4.69, 9.17) is 0 Å². The van der Waals surface area contributed by atoms with Crippen molar-refractivity contribution in [3.8, 4) is 0 Å². The van der Waals surface area contributed by atoms with Crippen molar-refractivity contribution < 1.29 is 4.79 Å². The number of fused-ring (bicyclic) bond motifs is 1. The summed E-state index contributed by atoms with van der Waals surface area (Å²) in [5, 5.41) is 4.28. The molecule has 1 N–H and O–H groups in total. The smallest absolute Gasteiger partial charge is 0.227 e. The summed E-state index contributed by atoms with van der Waals surface area (Å²) in [4.78, 5) is 18.8. The normalized spacial score (nSPS) is 21.2. The first-order valence-electron chi connectivity index (χ1n) is 6.95. The summed E-state index contributed by atoms with van der Waals surface area (Å²) < 4.78 is 1.18. The highest BCUT2D eigenvalue weighted by Gasteiger charge is 2.31. The summed E-state index contributed by atoms with van der Waals surface area (Å²) in [5.41, 5.74) is 1.02. The summed E-state index contributed by atoms with van der Waals surface area (Å²) in [6.07, 6.45) is 0. The van der Waals surface area contributed by atoms with E-state index >= 15 is 0 Å². The van der Waals surface area contributed by atoms with Crippen LogP contribution >= 0.6 is 23.7 Å². The van der Waals surface area contributed by atoms with Gasteiger partial charge in [0.2, 0.25) is 5.91 Å². The topological polar surface area (TPSA) is 45.2 Å². The number of carbonyl (C=O) groups excluding carboxylic acids is 1. The van der Waals surface area contributed by atoms with Gasteiger partial charge in [0.15, 0.2) is 0 Å². The lowest BCUT2D eigenvalue weighted by Crippen LogP contribution is -2.35. The van der Waals surface area contributed by atoms with E-state index in [1.807, 2.05) is 30.1 Å². The van der Waals surface area contributed by atoms with E-state index < -0.39 is 0 Å². The molecule has 0 unspecified atom stereocenters. The lowest BCUT2D eigenvalue weighted by molar-refractivity contribution is -0.135. The SMILES string of the molecule is C[C@@H]1CNC[C@H]1C(=O)N(C)Cc1nc2ccccc2s1.Cl. The molecule has 0 saturated carbocycles. The zero-order valence-corrected chi connectivity index (χ0v) is 13.8. The van der Waals surface area contributed by atoms with E-state index in [-0.39, 0.29) is 24.2 Å². The molecule has 1 aromatic heterocycles. The summed E-state index contributed by atoms with van der Waals surface area (Å²) in [5.74, 6) is 0.747. The highest BCUT2D eigenvalue weighted by molar-refractivity contribution is 7.18. The van der Waals surface area contributed by atoms with Gasteiger partial charge in [-0.3, -0.25) is 4.79 Å². The number of nitrogens with one attached hydrogen (secondary N) is 1. The molecule has 1 fully saturated rings. The lowest BCUT2D eigenvalue weighted by atomic mass is 9.97. The maximum atomic E-state index is 12.4. The molecule has 0 spiro atoms. The van der Waals surface area contributed by atoms with Crippen molar-refractivity contribution >= 4 is 39.9 Å². The summed E-state index contributed by atoms with van der Waals surface area (Å²) in [6, 6.07) is 8.10. The molecular formula is C15H20ClN3OS. The third-order valence-corrected chi connectivity index (χ3v) is 4.94. The van der Waals surface area contributed by atoms with Crippen LogP contribution in [0.3, 0.4) is 0 Å². The van der Waals surface area contributed by atoms with Crippen LogP contribution in [-0.4, -0.2) is 35.9 Å². The van der Waals surface area contributed by atoms with Gasteiger partial charge in [0.25, 0.3) is 0 Å². The molecule has 1 saturated heterocycles. The number of para-hydroxylation sites is 1. The molecule has 2 heterocycles. The fraction of sp³-hybridized carbons (Fsp3) is 0.467. The molecule has 2 aromatic rings. The Morgan fingerprint density at radius 3 is 2.86 bits per heavy atom. The molecule has 21 heavy (non-hydrogen) atoms. The molecule has 3 rings (SSSR count). The van der Waals surface area contributed by atoms with Crippen LogP contribution in [0.25, 0.3) is 10.2 Å². The van der Waals surface area contributed by atoms with Crippen molar-refractivity contribution in [1.82, 2.24) is 15.2 Å². The molecule has 1 aliphatic rings. The zero-order valence-electron chi connectivity index (χ0n) is 12.2. The molecule has 6 heteroatoms. The van der Waals surface area contributed by atoms with Gasteiger partial charge in [-0.05, 0) is 24.6 Å². The van der Waals surface area contributed by atoms with E-state index in [9.17, 15) is 4.79 Å². The number of hydrogen-bond donors (Lipinski definition) is 1. The Morgan fingerprint density at radius 1 is 1.43 bits per heavy atom. The first kappa shape index (κ1) is 16.2. The fourth-order valence-electron chi connectivity index (χ4n) is 2.69. The number of amides is 1. The van der Waals surface area contributed by atoms with Crippen LogP contribution in [0.15, 0.2) is 24.3 Å². The molecule has 1 aromatic carbocycles. The summed E-state index contributed by atoms with van der Waals surface area (Å²) in [7, 11) is 1.87. The summed E-state index contributed by atoms with van der Waals surface area (Å²) >= 11 is 1.67. The lowest BCUT2D eigenvalue weighted by Gasteiger charge is -2.21. The van der Waals surface area contributed by atoms with Crippen LogP contribution in [-0.2, 0) is 11.3 Å². The van der Waals surface area contributed by atoms with Crippen molar-refractivity contribution in [2.24, 2.45) is 11.8 Å². The van der Waals surface area contributed by atoms with E-state index in [2.05, 4.69) is 23.3 Å². The van der Waals surface area contributed by atoms with Gasteiger partial charge in [0.1, 0.15) is 5.01 Å². The number of hydrogen-bond acceptors (Lipinski definition) is 4. The summed E-state index contributed by atoms with van der Waals surface area (Å²) in [6.45, 7) is 4.46. The second-order valence-corrected chi connectivity index (χ2v) is 6.63. The Hall–Kier alpha value is -1.17. The number of halogens is 1. The van der Waals surface area contributed by atoms with E-state index in [0.717, 1.165) is 23.6 Å². The minimum absolute atomic E-state index is 0. The average Bonchev–Trinajstić information content (AvgIpc) is 3.03. The third kappa shape index (κ3) is 3.36. The van der Waals surface area contributed by atoms with Crippen molar-refractivity contribution in [1.29, 1.82) is 0 Å².